The Kier molecular flexibility index (Phi) is 6.22. The molecule has 0 fully saturated rings. The molecular weight excluding hydrogens is 443 g/mol. The van der Waals surface area contributed by atoms with E-state index in [1.165, 1.54) is 16.7 Å². The number of para-hydroxylation sites is 1. The number of ether oxygens (including phenoxy) is 1. The molecule has 3 nitrogen and oxygen atoms in total. The van der Waals surface area contributed by atoms with Crippen LogP contribution in [-0.2, 0) is 10.1 Å². The van der Waals surface area contributed by atoms with Crippen LogP contribution in [0.4, 0.5) is 0 Å². The lowest BCUT2D eigenvalue weighted by Gasteiger charge is -2.46. The lowest BCUT2D eigenvalue weighted by molar-refractivity contribution is -0.0893. The molecule has 184 valence electrons. The molecule has 4 heteroatoms. The summed E-state index contributed by atoms with van der Waals surface area (Å²) in [5.74, 6) is 2.15. The molecule has 2 aliphatic rings. The van der Waals surface area contributed by atoms with E-state index < -0.39 is 16.6 Å². The van der Waals surface area contributed by atoms with Crippen LogP contribution in [0.1, 0.15) is 57.7 Å². The molecule has 0 saturated carbocycles. The van der Waals surface area contributed by atoms with Crippen LogP contribution in [0.15, 0.2) is 102 Å². The molecule has 5 rings (SSSR count). The Morgan fingerprint density at radius 2 is 1.61 bits per heavy atom. The minimum Gasteiger partial charge on any atom is -0.457 e. The molecule has 1 N–H and O–H groups in total. The van der Waals surface area contributed by atoms with Gasteiger partial charge in [-0.3, -0.25) is 0 Å². The van der Waals surface area contributed by atoms with Gasteiger partial charge in [0.1, 0.15) is 11.5 Å². The Balaban J connectivity index is 1.73. The Morgan fingerprint density at radius 3 is 2.36 bits per heavy atom. The minimum absolute atomic E-state index is 0.313. The molecule has 2 atom stereocenters. The normalized spacial score (nSPS) is 21.4. The number of hydrogen-bond donors (Lipinski definition) is 1. The topological polar surface area (TPSA) is 38.7 Å². The van der Waals surface area contributed by atoms with Crippen molar-refractivity contribution in [3.63, 3.8) is 0 Å². The third-order valence-electron chi connectivity index (χ3n) is 8.07. The van der Waals surface area contributed by atoms with Gasteiger partial charge in [0.25, 0.3) is 0 Å². The van der Waals surface area contributed by atoms with Crippen molar-refractivity contribution < 1.29 is 14.5 Å². The van der Waals surface area contributed by atoms with E-state index in [9.17, 15) is 5.11 Å². The van der Waals surface area contributed by atoms with Crippen molar-refractivity contribution in [3.05, 3.63) is 119 Å². The summed E-state index contributed by atoms with van der Waals surface area (Å²) in [5.41, 5.74) is 3.81. The Bertz CT molecular complexity index is 1320. The van der Waals surface area contributed by atoms with Gasteiger partial charge < -0.3 is 14.5 Å². The molecule has 0 saturated heterocycles. The summed E-state index contributed by atoms with van der Waals surface area (Å²) in [7, 11) is 0.412. The van der Waals surface area contributed by atoms with Crippen LogP contribution in [0.3, 0.4) is 0 Å². The second-order valence-electron chi connectivity index (χ2n) is 11.1. The molecule has 3 aromatic rings. The van der Waals surface area contributed by atoms with Crippen LogP contribution in [-0.4, -0.2) is 23.8 Å². The van der Waals surface area contributed by atoms with Gasteiger partial charge in [-0.25, -0.2) is 0 Å². The van der Waals surface area contributed by atoms with Crippen LogP contribution in [0, 0.1) is 5.92 Å². The van der Waals surface area contributed by atoms with E-state index >= 15 is 0 Å². The molecule has 1 aliphatic carbocycles. The molecular formula is C32H35BO3. The summed E-state index contributed by atoms with van der Waals surface area (Å²) in [6.45, 7) is 9.75. The van der Waals surface area contributed by atoms with Crippen LogP contribution in [0.2, 0.25) is 0 Å². The fourth-order valence-corrected chi connectivity index (χ4v) is 5.41. The van der Waals surface area contributed by atoms with Crippen molar-refractivity contribution in [2.75, 3.05) is 0 Å². The summed E-state index contributed by atoms with van der Waals surface area (Å²) >= 11 is 0. The van der Waals surface area contributed by atoms with Crippen molar-refractivity contribution in [3.8, 4) is 5.75 Å². The highest BCUT2D eigenvalue weighted by Gasteiger charge is 2.48. The smallest absolute Gasteiger partial charge is 0.309 e. The third kappa shape index (κ3) is 4.03. The van der Waals surface area contributed by atoms with Gasteiger partial charge in [0.15, 0.2) is 0 Å². The van der Waals surface area contributed by atoms with E-state index in [-0.39, 0.29) is 0 Å². The molecule has 0 radical (unpaired) electrons. The van der Waals surface area contributed by atoms with Gasteiger partial charge in [-0.1, -0.05) is 91.3 Å². The largest absolute Gasteiger partial charge is 0.457 e. The maximum absolute atomic E-state index is 10.6. The Hall–Kier alpha value is -3.08. The van der Waals surface area contributed by atoms with E-state index in [2.05, 4.69) is 91.9 Å². The number of benzene rings is 3. The lowest BCUT2D eigenvalue weighted by Crippen LogP contribution is -2.49. The molecule has 3 aromatic carbocycles. The third-order valence-corrected chi connectivity index (χ3v) is 8.07. The number of aliphatic hydroxyl groups is 1. The zero-order chi connectivity index (χ0) is 25.6. The first kappa shape index (κ1) is 24.6. The fourth-order valence-electron chi connectivity index (χ4n) is 5.41. The molecule has 1 aliphatic heterocycles. The average Bonchev–Trinajstić information content (AvgIpc) is 2.86. The monoisotopic (exact) mass is 478 g/mol. The number of allylic oxidation sites excluding steroid dienone is 3. The van der Waals surface area contributed by atoms with Gasteiger partial charge in [-0.15, -0.1) is 0 Å². The van der Waals surface area contributed by atoms with E-state index in [4.69, 9.17) is 9.39 Å². The average molecular weight is 478 g/mol. The lowest BCUT2D eigenvalue weighted by atomic mass is 9.59. The molecule has 1 heterocycles. The Morgan fingerprint density at radius 1 is 0.917 bits per heavy atom. The van der Waals surface area contributed by atoms with Gasteiger partial charge in [0.2, 0.25) is 0 Å². The molecule has 2 unspecified atom stereocenters. The van der Waals surface area contributed by atoms with Crippen LogP contribution in [0.5, 0.6) is 5.75 Å². The summed E-state index contributed by atoms with van der Waals surface area (Å²) in [6.07, 6.45) is 5.33. The number of hydrogen-bond acceptors (Lipinski definition) is 3. The molecule has 36 heavy (non-hydrogen) atoms. The summed E-state index contributed by atoms with van der Waals surface area (Å²) < 4.78 is 12.8. The minimum atomic E-state index is -0.959. The quantitative estimate of drug-likeness (QED) is 0.455. The highest BCUT2D eigenvalue weighted by atomic mass is 16.5. The molecule has 0 bridgehead atoms. The van der Waals surface area contributed by atoms with Crippen LogP contribution in [0.25, 0.3) is 0 Å². The molecule has 0 spiro atoms. The maximum atomic E-state index is 10.6. The zero-order valence-electron chi connectivity index (χ0n) is 21.9. The van der Waals surface area contributed by atoms with Crippen molar-refractivity contribution in [1.29, 1.82) is 0 Å². The van der Waals surface area contributed by atoms with Gasteiger partial charge >= 0.3 is 7.48 Å². The molecule has 0 aromatic heterocycles. The first-order chi connectivity index (χ1) is 17.1. The van der Waals surface area contributed by atoms with Crippen molar-refractivity contribution >= 4 is 12.9 Å². The first-order valence-corrected chi connectivity index (χ1v) is 12.8. The van der Waals surface area contributed by atoms with Gasteiger partial charge in [0.05, 0.1) is 16.6 Å². The second-order valence-corrected chi connectivity index (χ2v) is 11.1. The fraction of sp³-hybridized carbons (Fsp3) is 0.312. The highest BCUT2D eigenvalue weighted by molar-refractivity contribution is 6.47. The predicted molar refractivity (Wildman–Crippen MR) is 148 cm³/mol. The van der Waals surface area contributed by atoms with Gasteiger partial charge in [-0.05, 0) is 68.9 Å². The van der Waals surface area contributed by atoms with Crippen molar-refractivity contribution in [2.24, 2.45) is 5.92 Å². The van der Waals surface area contributed by atoms with Crippen LogP contribution >= 0.6 is 0 Å². The van der Waals surface area contributed by atoms with Gasteiger partial charge in [0, 0.05) is 5.56 Å². The van der Waals surface area contributed by atoms with Crippen molar-refractivity contribution in [1.82, 2.24) is 0 Å². The van der Waals surface area contributed by atoms with Gasteiger partial charge in [-0.2, -0.15) is 0 Å². The first-order valence-electron chi connectivity index (χ1n) is 12.8. The SMILES string of the molecule is CC1CC=CC2=C1C(c1ccccc1)(c1cccc(BOC(C)(C)C(C)(C)O)c1)c1ccccc1O2. The predicted octanol–water partition coefficient (Wildman–Crippen LogP) is 5.81. The van der Waals surface area contributed by atoms with Crippen LogP contribution < -0.4 is 10.2 Å². The summed E-state index contributed by atoms with van der Waals surface area (Å²) in [6, 6.07) is 27.9. The highest BCUT2D eigenvalue weighted by Crippen LogP contribution is 2.55. The van der Waals surface area contributed by atoms with Crippen molar-refractivity contribution in [2.45, 2.75) is 57.7 Å². The second kappa shape index (κ2) is 9.10. The summed E-state index contributed by atoms with van der Waals surface area (Å²) in [4.78, 5) is 0. The number of rotatable bonds is 6. The van der Waals surface area contributed by atoms with E-state index in [1.807, 2.05) is 19.9 Å². The van der Waals surface area contributed by atoms with E-state index in [0.717, 1.165) is 29.0 Å². The summed E-state index contributed by atoms with van der Waals surface area (Å²) in [5, 5.41) is 10.6. The van der Waals surface area contributed by atoms with E-state index in [1.54, 1.807) is 13.8 Å². The number of fused-ring (bicyclic) bond motifs is 1. The Labute approximate surface area is 215 Å². The zero-order valence-corrected chi connectivity index (χ0v) is 21.9. The maximum Gasteiger partial charge on any atom is 0.309 e. The standard InChI is InChI=1S/C32H35BO3/c1-22-13-11-20-28-29(22)32(23-14-7-6-8-15-23,26-18-9-10-19-27(26)35-28)24-16-12-17-25(21-24)33-36-31(4,5)30(2,3)34/h6-12,14-22,33-34H,13H2,1-5H3. The van der Waals surface area contributed by atoms with E-state index in [0.29, 0.717) is 13.4 Å². The molecule has 0 amide bonds.